The Kier molecular flexibility index (Phi) is 8.44. The van der Waals surface area contributed by atoms with Gasteiger partial charge in [0, 0.05) is 47.1 Å². The number of hydrogen-bond donors (Lipinski definition) is 4. The van der Waals surface area contributed by atoms with Gasteiger partial charge in [0.05, 0.1) is 12.1 Å². The number of nitrogens with one attached hydrogen (secondary N) is 3. The molecule has 4 unspecified atom stereocenters. The van der Waals surface area contributed by atoms with Gasteiger partial charge in [0.25, 0.3) is 0 Å². The Morgan fingerprint density at radius 2 is 1.78 bits per heavy atom. The number of hydrogen-bond acceptors (Lipinski definition) is 5. The van der Waals surface area contributed by atoms with Gasteiger partial charge in [-0.2, -0.15) is 11.8 Å². The summed E-state index contributed by atoms with van der Waals surface area (Å²) in [6, 6.07) is 14.1. The van der Waals surface area contributed by atoms with Crippen LogP contribution in [0, 0.1) is 0 Å². The number of phenolic OH excluding ortho intramolecular Hbond substituents is 1. The van der Waals surface area contributed by atoms with Crippen molar-refractivity contribution in [2.45, 2.75) is 81.0 Å². The van der Waals surface area contributed by atoms with E-state index in [0.29, 0.717) is 11.7 Å². The number of carbonyl (C=O) groups excluding carboxylic acids is 2. The van der Waals surface area contributed by atoms with E-state index in [1.54, 1.807) is 12.1 Å². The molecule has 5 rings (SSSR count). The second-order valence-corrected chi connectivity index (χ2v) is 11.6. The first kappa shape index (κ1) is 25.8. The lowest BCUT2D eigenvalue weighted by Gasteiger charge is -2.28. The number of rotatable bonds is 12. The molecule has 0 aromatic heterocycles. The van der Waals surface area contributed by atoms with Crippen LogP contribution in [0.25, 0.3) is 0 Å². The van der Waals surface area contributed by atoms with Crippen LogP contribution >= 0.6 is 11.8 Å². The highest BCUT2D eigenvalue weighted by Gasteiger charge is 2.42. The molecule has 0 bridgehead atoms. The van der Waals surface area contributed by atoms with Gasteiger partial charge in [-0.1, -0.05) is 49.9 Å². The summed E-state index contributed by atoms with van der Waals surface area (Å²) in [7, 11) is 0. The van der Waals surface area contributed by atoms with Crippen molar-refractivity contribution in [3.05, 3.63) is 53.6 Å². The van der Waals surface area contributed by atoms with Crippen LogP contribution in [0.3, 0.4) is 0 Å². The fraction of sp³-hybridized carbons (Fsp3) is 0.517. The maximum Gasteiger partial charge on any atom is 0.315 e. The largest absolute Gasteiger partial charge is 0.508 e. The minimum absolute atomic E-state index is 0.0416. The monoisotopic (exact) mass is 523 g/mol. The van der Waals surface area contributed by atoms with Crippen molar-refractivity contribution in [2.24, 2.45) is 0 Å². The third-order valence-corrected chi connectivity index (χ3v) is 9.22. The number of benzene rings is 2. The lowest BCUT2D eigenvalue weighted by atomic mass is 9.84. The maximum absolute atomic E-state index is 12.2. The topological polar surface area (TPSA) is 99.7 Å². The Morgan fingerprint density at radius 1 is 0.973 bits per heavy atom. The van der Waals surface area contributed by atoms with Crippen LogP contribution in [-0.2, 0) is 4.79 Å². The summed E-state index contributed by atoms with van der Waals surface area (Å²) < 4.78 is 6.03. The van der Waals surface area contributed by atoms with Crippen LogP contribution in [0.5, 0.6) is 17.2 Å². The Bertz CT molecular complexity index is 1110. The number of para-hydroxylation sites is 1. The summed E-state index contributed by atoms with van der Waals surface area (Å²) in [6.07, 6.45) is 8.88. The van der Waals surface area contributed by atoms with Gasteiger partial charge in [-0.05, 0) is 37.8 Å². The minimum Gasteiger partial charge on any atom is -0.508 e. The van der Waals surface area contributed by atoms with E-state index in [2.05, 4.69) is 28.1 Å². The van der Waals surface area contributed by atoms with Crippen LogP contribution in [-0.4, -0.2) is 46.7 Å². The summed E-state index contributed by atoms with van der Waals surface area (Å²) in [4.78, 5) is 23.7. The predicted octanol–water partition coefficient (Wildman–Crippen LogP) is 5.42. The number of fused-ring (bicyclic) bond motifs is 3. The van der Waals surface area contributed by atoms with Crippen LogP contribution in [0.15, 0.2) is 42.5 Å². The molecular weight excluding hydrogens is 486 g/mol. The highest BCUT2D eigenvalue weighted by atomic mass is 32.2. The molecule has 3 aliphatic heterocycles. The van der Waals surface area contributed by atoms with E-state index in [1.807, 2.05) is 30.0 Å². The van der Waals surface area contributed by atoms with Crippen LogP contribution in [0.2, 0.25) is 0 Å². The van der Waals surface area contributed by atoms with Crippen molar-refractivity contribution < 1.29 is 19.4 Å². The Balaban J connectivity index is 0.947. The Hall–Kier alpha value is -2.87. The molecule has 0 saturated carbocycles. The van der Waals surface area contributed by atoms with E-state index in [0.717, 1.165) is 80.7 Å². The maximum atomic E-state index is 12.2. The number of thioether (sulfide) groups is 1. The van der Waals surface area contributed by atoms with Gasteiger partial charge in [-0.3, -0.25) is 4.79 Å². The first-order chi connectivity index (χ1) is 18.1. The fourth-order valence-electron chi connectivity index (χ4n) is 5.77. The van der Waals surface area contributed by atoms with E-state index in [1.165, 1.54) is 5.56 Å². The van der Waals surface area contributed by atoms with Crippen molar-refractivity contribution >= 4 is 23.7 Å². The van der Waals surface area contributed by atoms with E-state index >= 15 is 0 Å². The van der Waals surface area contributed by atoms with Gasteiger partial charge in [0.2, 0.25) is 5.91 Å². The second kappa shape index (κ2) is 12.1. The fourth-order valence-corrected chi connectivity index (χ4v) is 7.32. The first-order valence-corrected chi connectivity index (χ1v) is 14.7. The lowest BCUT2D eigenvalue weighted by Crippen LogP contribution is -2.36. The van der Waals surface area contributed by atoms with Gasteiger partial charge >= 0.3 is 6.03 Å². The third-order valence-electron chi connectivity index (χ3n) is 7.71. The molecule has 37 heavy (non-hydrogen) atoms. The number of unbranched alkanes of at least 4 members (excludes halogenated alkanes) is 4. The highest BCUT2D eigenvalue weighted by Crippen LogP contribution is 2.47. The summed E-state index contributed by atoms with van der Waals surface area (Å²) >= 11 is 1.93. The molecule has 2 aromatic rings. The molecule has 4 N–H and O–H groups in total. The Labute approximate surface area is 223 Å². The lowest BCUT2D eigenvalue weighted by molar-refractivity contribution is -0.121. The zero-order valence-electron chi connectivity index (χ0n) is 21.2. The molecule has 2 saturated heterocycles. The minimum atomic E-state index is -0.0416. The second-order valence-electron chi connectivity index (χ2n) is 10.3. The smallest absolute Gasteiger partial charge is 0.315 e. The molecule has 8 heteroatoms. The first-order valence-electron chi connectivity index (χ1n) is 13.6. The predicted molar refractivity (Wildman–Crippen MR) is 147 cm³/mol. The van der Waals surface area contributed by atoms with Crippen molar-refractivity contribution in [2.75, 3.05) is 12.3 Å². The molecule has 2 fully saturated rings. The molecule has 3 amide bonds. The summed E-state index contributed by atoms with van der Waals surface area (Å²) in [5.74, 6) is 3.25. The molecule has 198 valence electrons. The van der Waals surface area contributed by atoms with Gasteiger partial charge in [-0.25, -0.2) is 4.79 Å². The molecule has 3 heterocycles. The molecule has 0 spiro atoms. The summed E-state index contributed by atoms with van der Waals surface area (Å²) in [6.45, 7) is 0.737. The highest BCUT2D eigenvalue weighted by molar-refractivity contribution is 8.00. The molecule has 0 radical (unpaired) electrons. The third kappa shape index (κ3) is 6.35. The zero-order chi connectivity index (χ0) is 25.6. The van der Waals surface area contributed by atoms with Crippen molar-refractivity contribution in [1.82, 2.24) is 16.0 Å². The number of carbonyl (C=O) groups is 2. The summed E-state index contributed by atoms with van der Waals surface area (Å²) in [5.41, 5.74) is 2.35. The van der Waals surface area contributed by atoms with Crippen LogP contribution in [0.4, 0.5) is 4.79 Å². The zero-order valence-corrected chi connectivity index (χ0v) is 22.0. The molecule has 0 aliphatic carbocycles. The number of phenols is 1. The van der Waals surface area contributed by atoms with Gasteiger partial charge in [-0.15, -0.1) is 0 Å². The van der Waals surface area contributed by atoms with E-state index in [4.69, 9.17) is 4.74 Å². The molecular formula is C29H37N3O4S. The molecule has 3 aliphatic rings. The van der Waals surface area contributed by atoms with Gasteiger partial charge in [0.1, 0.15) is 17.2 Å². The van der Waals surface area contributed by atoms with Crippen LogP contribution < -0.4 is 20.7 Å². The number of ether oxygens (including phenoxy) is 1. The summed E-state index contributed by atoms with van der Waals surface area (Å²) in [5, 5.41) is 19.4. The van der Waals surface area contributed by atoms with Crippen LogP contribution in [0.1, 0.15) is 74.8 Å². The Morgan fingerprint density at radius 3 is 2.70 bits per heavy atom. The quantitative estimate of drug-likeness (QED) is 0.220. The number of urea groups is 1. The molecule has 2 aromatic carbocycles. The SMILES string of the molecule is O=C(CCCCC1SCC2NC(=O)NC21)NCCCCCCC1c2ccccc2Oc2cc(O)ccc21. The van der Waals surface area contributed by atoms with Crippen molar-refractivity contribution in [3.8, 4) is 17.2 Å². The molecule has 7 nitrogen and oxygen atoms in total. The van der Waals surface area contributed by atoms with E-state index in [9.17, 15) is 14.7 Å². The normalized spacial score (nSPS) is 23.3. The standard InChI is InChI=1S/C29H37N3O4S/c33-19-14-15-22-20(21-10-4-5-11-24(21)36-25(22)17-19)9-3-1-2-8-16-30-27(34)13-7-6-12-26-28-23(18-37-26)31-29(35)32-28/h4-5,10-11,14-15,17,20,23,26,28,33H,1-3,6-9,12-13,16,18H2,(H,30,34)(H2,31,32,35). The molecule has 4 atom stereocenters. The average molecular weight is 524 g/mol. The van der Waals surface area contributed by atoms with E-state index < -0.39 is 0 Å². The van der Waals surface area contributed by atoms with E-state index in [-0.39, 0.29) is 35.7 Å². The number of aromatic hydroxyl groups is 1. The van der Waals surface area contributed by atoms with Crippen molar-refractivity contribution in [3.63, 3.8) is 0 Å². The average Bonchev–Trinajstić information content (AvgIpc) is 3.44. The van der Waals surface area contributed by atoms with Gasteiger partial charge in [0.15, 0.2) is 0 Å². The van der Waals surface area contributed by atoms with Gasteiger partial charge < -0.3 is 25.8 Å². The van der Waals surface area contributed by atoms with Crippen molar-refractivity contribution in [1.29, 1.82) is 0 Å². The number of amides is 3.